The van der Waals surface area contributed by atoms with Gasteiger partial charge in [-0.15, -0.1) is 0 Å². The molecule has 0 atom stereocenters. The Labute approximate surface area is 144 Å². The number of likely N-dealkylation sites (N-methyl/N-ethyl adjacent to an activating group) is 1. The van der Waals surface area contributed by atoms with Crippen LogP contribution in [0.3, 0.4) is 0 Å². The van der Waals surface area contributed by atoms with Crippen LogP contribution in [0.15, 0.2) is 59.0 Å². The number of halogens is 1. The number of aromatic nitrogens is 2. The summed E-state index contributed by atoms with van der Waals surface area (Å²) in [5.41, 5.74) is 2.94. The summed E-state index contributed by atoms with van der Waals surface area (Å²) in [5, 5.41) is 6.02. The van der Waals surface area contributed by atoms with E-state index in [1.54, 1.807) is 31.6 Å². The van der Waals surface area contributed by atoms with E-state index in [1.807, 2.05) is 18.2 Å². The molecule has 0 aliphatic carbocycles. The number of oxazole rings is 1. The third-order valence-corrected chi connectivity index (χ3v) is 3.54. The molecule has 0 radical (unpaired) electrons. The first-order chi connectivity index (χ1) is 12.3. The smallest absolute Gasteiger partial charge is 0.295 e. The van der Waals surface area contributed by atoms with Crippen LogP contribution in [0.25, 0.3) is 11.1 Å². The molecule has 25 heavy (non-hydrogen) atoms. The molecule has 0 amide bonds. The molecule has 1 aromatic carbocycles. The molecule has 0 aliphatic heterocycles. The van der Waals surface area contributed by atoms with E-state index >= 15 is 0 Å². The van der Waals surface area contributed by atoms with Crippen LogP contribution in [0.1, 0.15) is 5.56 Å². The number of ether oxygens (including phenoxy) is 1. The van der Waals surface area contributed by atoms with Gasteiger partial charge in [0, 0.05) is 37.1 Å². The quantitative estimate of drug-likeness (QED) is 0.654. The van der Waals surface area contributed by atoms with Crippen molar-refractivity contribution in [2.75, 3.05) is 25.5 Å². The lowest BCUT2D eigenvalue weighted by atomic mass is 10.3. The largest absolute Gasteiger partial charge is 0.489 e. The number of fused-ring (bicyclic) bond motifs is 1. The molecule has 0 saturated heterocycles. The van der Waals surface area contributed by atoms with Crippen molar-refractivity contribution in [1.29, 1.82) is 0 Å². The van der Waals surface area contributed by atoms with Crippen LogP contribution in [-0.4, -0.2) is 30.2 Å². The average molecular weight is 342 g/mol. The van der Waals surface area contributed by atoms with Crippen molar-refractivity contribution < 1.29 is 13.5 Å². The Hall–Kier alpha value is -2.93. The third kappa shape index (κ3) is 4.54. The summed E-state index contributed by atoms with van der Waals surface area (Å²) < 4.78 is 24.0. The molecule has 0 spiro atoms. The Morgan fingerprint density at radius 1 is 1.28 bits per heavy atom. The summed E-state index contributed by atoms with van der Waals surface area (Å²) in [7, 11) is 1.75. The first-order valence-corrected chi connectivity index (χ1v) is 7.87. The molecule has 2 heterocycles. The van der Waals surface area contributed by atoms with Gasteiger partial charge in [0.25, 0.3) is 6.01 Å². The molecule has 3 aromatic rings. The Kier molecular flexibility index (Phi) is 5.58. The first-order valence-electron chi connectivity index (χ1n) is 7.87. The molecule has 3 rings (SSSR count). The minimum absolute atomic E-state index is 0.171. The van der Waals surface area contributed by atoms with Crippen molar-refractivity contribution in [3.05, 3.63) is 60.2 Å². The topological polar surface area (TPSA) is 72.2 Å². The molecule has 2 aromatic heterocycles. The van der Waals surface area contributed by atoms with Crippen LogP contribution in [0.5, 0.6) is 5.75 Å². The van der Waals surface area contributed by atoms with Gasteiger partial charge in [0.1, 0.15) is 17.9 Å². The monoisotopic (exact) mass is 342 g/mol. The minimum Gasteiger partial charge on any atom is -0.489 e. The molecule has 7 heteroatoms. The number of anilines is 1. The summed E-state index contributed by atoms with van der Waals surface area (Å²) >= 11 is 0. The number of pyridine rings is 1. The molecule has 0 unspecified atom stereocenters. The van der Waals surface area contributed by atoms with E-state index in [-0.39, 0.29) is 6.61 Å². The lowest BCUT2D eigenvalue weighted by molar-refractivity contribution is 0.346. The van der Waals surface area contributed by atoms with Gasteiger partial charge in [-0.2, -0.15) is 4.98 Å². The van der Waals surface area contributed by atoms with Crippen LogP contribution in [0.4, 0.5) is 10.4 Å². The molecule has 0 fully saturated rings. The second-order valence-electron chi connectivity index (χ2n) is 5.44. The Bertz CT molecular complexity index is 849. The SMILES string of the molecule is CNC/C(=C/F)COc1ccc2nc(NCc3ccncc3)oc2c1. The number of hydrogen-bond acceptors (Lipinski definition) is 6. The highest BCUT2D eigenvalue weighted by Gasteiger charge is 2.08. The van der Waals surface area contributed by atoms with Gasteiger partial charge in [-0.1, -0.05) is 0 Å². The first kappa shape index (κ1) is 16.9. The highest BCUT2D eigenvalue weighted by atomic mass is 19.1. The van der Waals surface area contributed by atoms with Gasteiger partial charge in [0.15, 0.2) is 5.58 Å². The van der Waals surface area contributed by atoms with Gasteiger partial charge in [-0.05, 0) is 36.9 Å². The molecule has 2 N–H and O–H groups in total. The van der Waals surface area contributed by atoms with E-state index in [4.69, 9.17) is 9.15 Å². The summed E-state index contributed by atoms with van der Waals surface area (Å²) in [6, 6.07) is 9.61. The van der Waals surface area contributed by atoms with Gasteiger partial charge in [0.05, 0.1) is 6.33 Å². The summed E-state index contributed by atoms with van der Waals surface area (Å²) in [6.45, 7) is 1.20. The van der Waals surface area contributed by atoms with E-state index in [1.165, 1.54) is 0 Å². The average Bonchev–Trinajstić information content (AvgIpc) is 3.06. The number of nitrogens with one attached hydrogen (secondary N) is 2. The zero-order chi connectivity index (χ0) is 17.5. The Morgan fingerprint density at radius 2 is 2.12 bits per heavy atom. The molecule has 0 bridgehead atoms. The number of benzene rings is 1. The fraction of sp³-hybridized carbons (Fsp3) is 0.222. The summed E-state index contributed by atoms with van der Waals surface area (Å²) in [5.74, 6) is 0.597. The summed E-state index contributed by atoms with van der Waals surface area (Å²) in [4.78, 5) is 8.36. The normalized spacial score (nSPS) is 11.7. The highest BCUT2D eigenvalue weighted by Crippen LogP contribution is 2.24. The maximum absolute atomic E-state index is 12.7. The molecule has 130 valence electrons. The maximum atomic E-state index is 12.7. The molecule has 0 saturated carbocycles. The third-order valence-electron chi connectivity index (χ3n) is 3.54. The van der Waals surface area contributed by atoms with Gasteiger partial charge < -0.3 is 19.8 Å². The Balaban J connectivity index is 1.64. The number of nitrogens with zero attached hydrogens (tertiary/aromatic N) is 2. The van der Waals surface area contributed by atoms with Gasteiger partial charge >= 0.3 is 0 Å². The van der Waals surface area contributed by atoms with Crippen molar-refractivity contribution in [2.45, 2.75) is 6.54 Å². The predicted molar refractivity (Wildman–Crippen MR) is 94.2 cm³/mol. The second kappa shape index (κ2) is 8.25. The van der Waals surface area contributed by atoms with Gasteiger partial charge in [0.2, 0.25) is 0 Å². The van der Waals surface area contributed by atoms with Crippen LogP contribution < -0.4 is 15.4 Å². The second-order valence-corrected chi connectivity index (χ2v) is 5.44. The maximum Gasteiger partial charge on any atom is 0.295 e. The van der Waals surface area contributed by atoms with Gasteiger partial charge in [-0.25, -0.2) is 4.39 Å². The highest BCUT2D eigenvalue weighted by molar-refractivity contribution is 5.76. The van der Waals surface area contributed by atoms with E-state index in [0.717, 1.165) is 11.1 Å². The van der Waals surface area contributed by atoms with E-state index < -0.39 is 0 Å². The van der Waals surface area contributed by atoms with Crippen molar-refractivity contribution >= 4 is 17.1 Å². The predicted octanol–water partition coefficient (Wildman–Crippen LogP) is 3.29. The lowest BCUT2D eigenvalue weighted by Gasteiger charge is -2.07. The number of rotatable bonds is 8. The fourth-order valence-corrected chi connectivity index (χ4v) is 2.27. The zero-order valence-corrected chi connectivity index (χ0v) is 13.8. The van der Waals surface area contributed by atoms with Crippen LogP contribution in [-0.2, 0) is 6.54 Å². The molecular weight excluding hydrogens is 323 g/mol. The lowest BCUT2D eigenvalue weighted by Crippen LogP contribution is -2.15. The number of hydrogen-bond donors (Lipinski definition) is 2. The van der Waals surface area contributed by atoms with Crippen LogP contribution >= 0.6 is 0 Å². The van der Waals surface area contributed by atoms with Gasteiger partial charge in [-0.3, -0.25) is 4.98 Å². The zero-order valence-electron chi connectivity index (χ0n) is 13.8. The summed E-state index contributed by atoms with van der Waals surface area (Å²) in [6.07, 6.45) is 4.03. The standard InChI is InChI=1S/C18H19FN4O2/c1-20-10-14(9-19)12-24-15-2-3-16-17(8-15)25-18(23-16)22-11-13-4-6-21-7-5-13/h2-9,20H,10-12H2,1H3,(H,22,23)/b14-9-. The van der Waals surface area contributed by atoms with E-state index in [9.17, 15) is 4.39 Å². The van der Waals surface area contributed by atoms with E-state index in [2.05, 4.69) is 20.6 Å². The van der Waals surface area contributed by atoms with E-state index in [0.29, 0.717) is 42.3 Å². The molecule has 6 nitrogen and oxygen atoms in total. The minimum atomic E-state index is 0.171. The van der Waals surface area contributed by atoms with Crippen molar-refractivity contribution in [3.8, 4) is 5.75 Å². The molecular formula is C18H19FN4O2. The van der Waals surface area contributed by atoms with Crippen LogP contribution in [0, 0.1) is 0 Å². The molecule has 0 aliphatic rings. The van der Waals surface area contributed by atoms with Crippen molar-refractivity contribution in [3.63, 3.8) is 0 Å². The van der Waals surface area contributed by atoms with Crippen molar-refractivity contribution in [1.82, 2.24) is 15.3 Å². The Morgan fingerprint density at radius 3 is 2.88 bits per heavy atom. The van der Waals surface area contributed by atoms with Crippen molar-refractivity contribution in [2.24, 2.45) is 0 Å². The fourth-order valence-electron chi connectivity index (χ4n) is 2.27. The van der Waals surface area contributed by atoms with Crippen LogP contribution in [0.2, 0.25) is 0 Å².